The van der Waals surface area contributed by atoms with Crippen molar-refractivity contribution in [3.63, 3.8) is 0 Å². The van der Waals surface area contributed by atoms with Crippen LogP contribution in [0.25, 0.3) is 0 Å². The van der Waals surface area contributed by atoms with Crippen LogP contribution in [0.4, 0.5) is 5.69 Å². The van der Waals surface area contributed by atoms with E-state index in [-0.39, 0.29) is 24.2 Å². The van der Waals surface area contributed by atoms with E-state index in [1.807, 2.05) is 0 Å². The zero-order valence-corrected chi connectivity index (χ0v) is 11.3. The van der Waals surface area contributed by atoms with Gasteiger partial charge in [0.2, 0.25) is 11.8 Å². The molecule has 1 heterocycles. The molecule has 1 aliphatic heterocycles. The summed E-state index contributed by atoms with van der Waals surface area (Å²) in [5.41, 5.74) is 6.28. The topological polar surface area (TPSA) is 84.2 Å². The Morgan fingerprint density at radius 3 is 2.47 bits per heavy atom. The van der Waals surface area contributed by atoms with Crippen molar-refractivity contribution in [3.8, 4) is 0 Å². The highest BCUT2D eigenvalue weighted by molar-refractivity contribution is 5.95. The number of rotatable bonds is 3. The molecule has 0 saturated carbocycles. The van der Waals surface area contributed by atoms with Gasteiger partial charge in [-0.15, -0.1) is 12.4 Å². The molecule has 104 valence electrons. The Morgan fingerprint density at radius 2 is 1.95 bits per heavy atom. The van der Waals surface area contributed by atoms with Crippen LogP contribution in [0, 0.1) is 5.92 Å². The summed E-state index contributed by atoms with van der Waals surface area (Å²) in [5, 5.41) is 6.05. The Labute approximate surface area is 118 Å². The van der Waals surface area contributed by atoms with Crippen molar-refractivity contribution in [1.29, 1.82) is 0 Å². The van der Waals surface area contributed by atoms with Crippen LogP contribution in [0.2, 0.25) is 0 Å². The standard InChI is InChI=1S/C13H17N3O2.ClH/c14-12(17)9-3-5-11(6-4-9)16-13(18)10-2-1-7-15-8-10;/h3-6,10,15H,1-2,7-8H2,(H2,14,17)(H,16,18);1H. The van der Waals surface area contributed by atoms with Crippen LogP contribution < -0.4 is 16.4 Å². The summed E-state index contributed by atoms with van der Waals surface area (Å²) in [7, 11) is 0. The fourth-order valence-electron chi connectivity index (χ4n) is 2.04. The third-order valence-corrected chi connectivity index (χ3v) is 3.10. The van der Waals surface area contributed by atoms with Crippen molar-refractivity contribution >= 4 is 29.9 Å². The van der Waals surface area contributed by atoms with Crippen LogP contribution in [-0.4, -0.2) is 24.9 Å². The fraction of sp³-hybridized carbons (Fsp3) is 0.385. The minimum atomic E-state index is -0.468. The Bertz CT molecular complexity index is 442. The molecule has 1 fully saturated rings. The Morgan fingerprint density at radius 1 is 1.26 bits per heavy atom. The Hall–Kier alpha value is -1.59. The van der Waals surface area contributed by atoms with E-state index < -0.39 is 5.91 Å². The summed E-state index contributed by atoms with van der Waals surface area (Å²) in [5.74, 6) is -0.423. The van der Waals surface area contributed by atoms with Crippen LogP contribution in [-0.2, 0) is 4.79 Å². The molecule has 4 N–H and O–H groups in total. The minimum absolute atomic E-state index is 0. The number of anilines is 1. The van der Waals surface area contributed by atoms with Gasteiger partial charge < -0.3 is 16.4 Å². The minimum Gasteiger partial charge on any atom is -0.366 e. The lowest BCUT2D eigenvalue weighted by Gasteiger charge is -2.21. The Balaban J connectivity index is 0.00000180. The number of nitrogens with two attached hydrogens (primary N) is 1. The number of hydrogen-bond donors (Lipinski definition) is 3. The Kier molecular flexibility index (Phi) is 5.79. The van der Waals surface area contributed by atoms with E-state index in [1.165, 1.54) is 0 Å². The van der Waals surface area contributed by atoms with Crippen molar-refractivity contribution in [1.82, 2.24) is 5.32 Å². The first-order valence-corrected chi connectivity index (χ1v) is 6.08. The maximum Gasteiger partial charge on any atom is 0.248 e. The molecule has 1 atom stereocenters. The number of halogens is 1. The average Bonchev–Trinajstić information content (AvgIpc) is 2.40. The molecule has 0 aliphatic carbocycles. The normalized spacial score (nSPS) is 18.2. The molecule has 0 aromatic heterocycles. The number of benzene rings is 1. The fourth-order valence-corrected chi connectivity index (χ4v) is 2.04. The third kappa shape index (κ3) is 4.22. The second-order valence-corrected chi connectivity index (χ2v) is 4.47. The van der Waals surface area contributed by atoms with Crippen LogP contribution in [0.5, 0.6) is 0 Å². The molecule has 0 radical (unpaired) electrons. The van der Waals surface area contributed by atoms with Gasteiger partial charge in [-0.1, -0.05) is 0 Å². The monoisotopic (exact) mass is 283 g/mol. The summed E-state index contributed by atoms with van der Waals surface area (Å²) in [6.07, 6.45) is 1.94. The van der Waals surface area contributed by atoms with Gasteiger partial charge in [0.25, 0.3) is 0 Å². The molecule has 1 unspecified atom stereocenters. The number of amides is 2. The summed E-state index contributed by atoms with van der Waals surface area (Å²) in [4.78, 5) is 22.9. The lowest BCUT2D eigenvalue weighted by molar-refractivity contribution is -0.120. The predicted molar refractivity (Wildman–Crippen MR) is 76.4 cm³/mol. The smallest absolute Gasteiger partial charge is 0.248 e. The van der Waals surface area contributed by atoms with E-state index in [2.05, 4.69) is 10.6 Å². The average molecular weight is 284 g/mol. The first kappa shape index (κ1) is 15.5. The van der Waals surface area contributed by atoms with Crippen molar-refractivity contribution in [3.05, 3.63) is 29.8 Å². The van der Waals surface area contributed by atoms with Gasteiger partial charge in [0.1, 0.15) is 0 Å². The zero-order chi connectivity index (χ0) is 13.0. The van der Waals surface area contributed by atoms with Crippen molar-refractivity contribution < 1.29 is 9.59 Å². The molecule has 1 aliphatic rings. The number of carbonyl (C=O) groups excluding carboxylic acids is 2. The number of hydrogen-bond acceptors (Lipinski definition) is 3. The lowest BCUT2D eigenvalue weighted by atomic mass is 9.99. The molecular weight excluding hydrogens is 266 g/mol. The maximum atomic E-state index is 11.9. The molecule has 1 aromatic carbocycles. The quantitative estimate of drug-likeness (QED) is 0.778. The molecule has 2 rings (SSSR count). The third-order valence-electron chi connectivity index (χ3n) is 3.10. The van der Waals surface area contributed by atoms with E-state index in [0.717, 1.165) is 25.9 Å². The summed E-state index contributed by atoms with van der Waals surface area (Å²) in [6, 6.07) is 6.59. The van der Waals surface area contributed by atoms with E-state index in [0.29, 0.717) is 11.3 Å². The van der Waals surface area contributed by atoms with Crippen LogP contribution in [0.15, 0.2) is 24.3 Å². The summed E-state index contributed by atoms with van der Waals surface area (Å²) >= 11 is 0. The number of primary amides is 1. The number of carbonyl (C=O) groups is 2. The van der Waals surface area contributed by atoms with E-state index in [4.69, 9.17) is 5.73 Å². The zero-order valence-electron chi connectivity index (χ0n) is 10.5. The molecule has 1 aromatic rings. The summed E-state index contributed by atoms with van der Waals surface area (Å²) in [6.45, 7) is 1.71. The second kappa shape index (κ2) is 7.11. The van der Waals surface area contributed by atoms with Gasteiger partial charge in [0, 0.05) is 17.8 Å². The molecular formula is C13H18ClN3O2. The predicted octanol–water partition coefficient (Wildman–Crippen LogP) is 1.15. The van der Waals surface area contributed by atoms with Gasteiger partial charge in [-0.3, -0.25) is 9.59 Å². The van der Waals surface area contributed by atoms with Crippen LogP contribution >= 0.6 is 12.4 Å². The molecule has 5 nitrogen and oxygen atoms in total. The highest BCUT2D eigenvalue weighted by Crippen LogP contribution is 2.14. The number of piperidine rings is 1. The molecule has 0 bridgehead atoms. The van der Waals surface area contributed by atoms with Gasteiger partial charge in [-0.2, -0.15) is 0 Å². The van der Waals surface area contributed by atoms with E-state index in [9.17, 15) is 9.59 Å². The summed E-state index contributed by atoms with van der Waals surface area (Å²) < 4.78 is 0. The van der Waals surface area contributed by atoms with Crippen LogP contribution in [0.1, 0.15) is 23.2 Å². The van der Waals surface area contributed by atoms with Crippen molar-refractivity contribution in [2.45, 2.75) is 12.8 Å². The first-order chi connectivity index (χ1) is 8.66. The highest BCUT2D eigenvalue weighted by atomic mass is 35.5. The van der Waals surface area contributed by atoms with Crippen molar-refractivity contribution in [2.24, 2.45) is 11.7 Å². The largest absolute Gasteiger partial charge is 0.366 e. The number of nitrogens with one attached hydrogen (secondary N) is 2. The van der Waals surface area contributed by atoms with Gasteiger partial charge in [0.05, 0.1) is 5.92 Å². The van der Waals surface area contributed by atoms with E-state index >= 15 is 0 Å². The van der Waals surface area contributed by atoms with Gasteiger partial charge in [0.15, 0.2) is 0 Å². The van der Waals surface area contributed by atoms with Gasteiger partial charge in [-0.25, -0.2) is 0 Å². The molecule has 6 heteroatoms. The molecule has 0 spiro atoms. The van der Waals surface area contributed by atoms with Crippen molar-refractivity contribution in [2.75, 3.05) is 18.4 Å². The molecule has 2 amide bonds. The maximum absolute atomic E-state index is 11.9. The second-order valence-electron chi connectivity index (χ2n) is 4.47. The first-order valence-electron chi connectivity index (χ1n) is 6.08. The van der Waals surface area contributed by atoms with Gasteiger partial charge >= 0.3 is 0 Å². The van der Waals surface area contributed by atoms with Crippen LogP contribution in [0.3, 0.4) is 0 Å². The van der Waals surface area contributed by atoms with Gasteiger partial charge in [-0.05, 0) is 43.7 Å². The molecule has 19 heavy (non-hydrogen) atoms. The SMILES string of the molecule is Cl.NC(=O)c1ccc(NC(=O)C2CCCNC2)cc1. The highest BCUT2D eigenvalue weighted by Gasteiger charge is 2.20. The lowest BCUT2D eigenvalue weighted by Crippen LogP contribution is -2.37. The van der Waals surface area contributed by atoms with E-state index in [1.54, 1.807) is 24.3 Å². The molecule has 1 saturated heterocycles.